The lowest BCUT2D eigenvalue weighted by atomic mass is 9.53. The molecular weight excluding hydrogens is 841 g/mol. The summed E-state index contributed by atoms with van der Waals surface area (Å²) in [5, 5.41) is 24.5. The minimum Gasteiger partial charge on any atom is -0.489 e. The Morgan fingerprint density at radius 3 is 1.34 bits per heavy atom. The number of rotatable bonds is 21. The van der Waals surface area contributed by atoms with E-state index in [0.717, 1.165) is 141 Å². The van der Waals surface area contributed by atoms with Crippen LogP contribution < -0.4 is 9.47 Å². The average molecular weight is 923 g/mol. The Bertz CT molecular complexity index is 2100. The first-order valence-electron chi connectivity index (χ1n) is 27.4. The highest BCUT2D eigenvalue weighted by Gasteiger charge is 2.62. The predicted molar refractivity (Wildman–Crippen MR) is 272 cm³/mol. The third-order valence-corrected chi connectivity index (χ3v) is 19.6. The zero-order valence-electron chi connectivity index (χ0n) is 41.6. The van der Waals surface area contributed by atoms with Crippen molar-refractivity contribution < 1.29 is 29.2 Å². The van der Waals surface area contributed by atoms with Crippen molar-refractivity contribution in [3.05, 3.63) is 130 Å². The van der Waals surface area contributed by atoms with Crippen molar-refractivity contribution >= 4 is 0 Å². The van der Waals surface area contributed by atoms with Gasteiger partial charge in [-0.3, -0.25) is 0 Å². The summed E-state index contributed by atoms with van der Waals surface area (Å²) in [7, 11) is 0. The topological polar surface area (TPSA) is 77.4 Å². The monoisotopic (exact) mass is 923 g/mol. The molecule has 366 valence electrons. The van der Waals surface area contributed by atoms with E-state index in [0.29, 0.717) is 48.7 Å². The molecule has 4 saturated carbocycles. The normalized spacial score (nSPS) is 32.3. The first kappa shape index (κ1) is 48.0. The lowest BCUT2D eigenvalue weighted by molar-refractivity contribution is -0.110. The third-order valence-electron chi connectivity index (χ3n) is 19.6. The van der Waals surface area contributed by atoms with Crippen LogP contribution >= 0.6 is 0 Å². The van der Waals surface area contributed by atoms with Crippen molar-refractivity contribution in [2.45, 2.75) is 179 Å². The number of hydrogen-bond acceptors (Lipinski definition) is 6. The van der Waals surface area contributed by atoms with Crippen molar-refractivity contribution in [2.75, 3.05) is 26.4 Å². The van der Waals surface area contributed by atoms with Crippen LogP contribution in [0, 0.1) is 34.5 Å². The van der Waals surface area contributed by atoms with Gasteiger partial charge in [0, 0.05) is 26.4 Å². The summed E-state index contributed by atoms with van der Waals surface area (Å²) in [4.78, 5) is 0. The molecule has 0 amide bonds. The molecule has 0 radical (unpaired) electrons. The molecule has 4 aromatic rings. The molecule has 6 heteroatoms. The molecule has 0 bridgehead atoms. The van der Waals surface area contributed by atoms with E-state index in [1.54, 1.807) is 11.1 Å². The fourth-order valence-electron chi connectivity index (χ4n) is 15.7. The van der Waals surface area contributed by atoms with Gasteiger partial charge in [0.1, 0.15) is 24.7 Å². The Morgan fingerprint density at radius 2 is 0.897 bits per heavy atom. The fourth-order valence-corrected chi connectivity index (χ4v) is 15.7. The van der Waals surface area contributed by atoms with E-state index in [9.17, 15) is 10.2 Å². The van der Waals surface area contributed by atoms with E-state index >= 15 is 0 Å². The fraction of sp³-hybridized carbons (Fsp3) is 0.613. The average Bonchev–Trinajstić information content (AvgIpc) is 3.80. The van der Waals surface area contributed by atoms with Gasteiger partial charge < -0.3 is 29.2 Å². The van der Waals surface area contributed by atoms with E-state index in [2.05, 4.69) is 98.8 Å². The number of unbranched alkanes of at least 4 members (excludes halogenated alkanes) is 3. The number of ether oxygens (including phenoxy) is 4. The smallest absolute Gasteiger partial charge is 0.120 e. The Labute approximate surface area is 408 Å². The highest BCUT2D eigenvalue weighted by Crippen LogP contribution is 2.67. The minimum absolute atomic E-state index is 0.00205. The SMILES string of the molecule is C[C@]12CC[C@@H]3c4ccc(OCc5ccccc5)cc4CC[C@H]3[C@@H]1CC[C@@]2(O)CCCOCCCCCCOCCC[C@]1(O)CC[C@H]2[C@@H]3CCc4cc(OCc5ccccc5)ccc4[C@H]3CC[C@@]21C. The molecule has 0 heterocycles. The first-order chi connectivity index (χ1) is 33.2. The van der Waals surface area contributed by atoms with Crippen LogP contribution in [0.3, 0.4) is 0 Å². The molecule has 0 aromatic heterocycles. The number of benzene rings is 4. The predicted octanol–water partition coefficient (Wildman–Crippen LogP) is 13.9. The maximum atomic E-state index is 12.2. The van der Waals surface area contributed by atoms with Crippen molar-refractivity contribution in [2.24, 2.45) is 34.5 Å². The molecule has 10 rings (SSSR count). The zero-order valence-corrected chi connectivity index (χ0v) is 41.6. The maximum Gasteiger partial charge on any atom is 0.120 e. The van der Waals surface area contributed by atoms with Crippen LogP contribution in [0.4, 0.5) is 0 Å². The molecular formula is C62H82O6. The molecule has 4 aromatic carbocycles. The molecule has 0 spiro atoms. The molecule has 6 aliphatic carbocycles. The highest BCUT2D eigenvalue weighted by atomic mass is 16.5. The van der Waals surface area contributed by atoms with E-state index < -0.39 is 11.2 Å². The molecule has 0 unspecified atom stereocenters. The van der Waals surface area contributed by atoms with E-state index in [-0.39, 0.29) is 10.8 Å². The standard InChI is InChI=1S/C62H82O6/c1-59-33-27-53-51-25-21-49(67-43-45-15-7-5-8-16-45)41-47(51)19-23-55(53)57(59)29-35-61(59,63)31-13-39-65-37-11-3-4-12-38-66-40-14-32-62(64)36-30-58-56-24-20-48-42-50(68-44-46-17-9-6-10-18-46)22-26-52(48)54(56)28-34-60(58,62)2/h5-10,15-18,21-22,25-26,41-42,53-58,63-64H,3-4,11-14,19-20,23-24,27-40,43-44H2,1-2H3/t53-,54-,55-,56-,57+,58+,59+,60+,61+,62+/m1/s1. The van der Waals surface area contributed by atoms with Crippen LogP contribution in [0.5, 0.6) is 11.5 Å². The quantitative estimate of drug-likeness (QED) is 0.0811. The second kappa shape index (κ2) is 21.0. The summed E-state index contributed by atoms with van der Waals surface area (Å²) in [6.45, 7) is 9.16. The van der Waals surface area contributed by atoms with E-state index in [1.165, 1.54) is 47.9 Å². The largest absolute Gasteiger partial charge is 0.489 e. The summed E-state index contributed by atoms with van der Waals surface area (Å²) in [6.07, 6.45) is 21.5. The third kappa shape index (κ3) is 9.71. The van der Waals surface area contributed by atoms with Crippen LogP contribution in [0.2, 0.25) is 0 Å². The molecule has 0 saturated heterocycles. The molecule has 6 nitrogen and oxygen atoms in total. The van der Waals surface area contributed by atoms with Crippen molar-refractivity contribution in [1.29, 1.82) is 0 Å². The van der Waals surface area contributed by atoms with Gasteiger partial charge in [0.25, 0.3) is 0 Å². The summed E-state index contributed by atoms with van der Waals surface area (Å²) >= 11 is 0. The van der Waals surface area contributed by atoms with E-state index in [4.69, 9.17) is 18.9 Å². The van der Waals surface area contributed by atoms with Crippen LogP contribution in [-0.4, -0.2) is 47.8 Å². The summed E-state index contributed by atoms with van der Waals surface area (Å²) in [5.74, 6) is 5.69. The van der Waals surface area contributed by atoms with Gasteiger partial charge in [-0.15, -0.1) is 0 Å². The van der Waals surface area contributed by atoms with Crippen LogP contribution in [0.15, 0.2) is 97.1 Å². The zero-order chi connectivity index (χ0) is 46.6. The molecule has 6 aliphatic rings. The Balaban J connectivity index is 0.579. The Kier molecular flexibility index (Phi) is 14.8. The second-order valence-electron chi connectivity index (χ2n) is 23.0. The number of aryl methyl sites for hydroxylation is 2. The first-order valence-corrected chi connectivity index (χ1v) is 27.4. The van der Waals surface area contributed by atoms with Crippen molar-refractivity contribution in [1.82, 2.24) is 0 Å². The van der Waals surface area contributed by atoms with Gasteiger partial charge in [0.2, 0.25) is 0 Å². The summed E-state index contributed by atoms with van der Waals surface area (Å²) in [5.41, 5.74) is 7.27. The van der Waals surface area contributed by atoms with Gasteiger partial charge in [0.15, 0.2) is 0 Å². The molecule has 68 heavy (non-hydrogen) atoms. The van der Waals surface area contributed by atoms with Crippen molar-refractivity contribution in [3.63, 3.8) is 0 Å². The molecule has 10 atom stereocenters. The minimum atomic E-state index is -0.579. The van der Waals surface area contributed by atoms with E-state index in [1.807, 2.05) is 12.1 Å². The van der Waals surface area contributed by atoms with Crippen LogP contribution in [0.25, 0.3) is 0 Å². The highest BCUT2D eigenvalue weighted by molar-refractivity contribution is 5.42. The van der Waals surface area contributed by atoms with Crippen LogP contribution in [-0.2, 0) is 35.5 Å². The van der Waals surface area contributed by atoms with Gasteiger partial charge in [-0.05, 0) is 220 Å². The number of fused-ring (bicyclic) bond motifs is 10. The number of hydrogen-bond donors (Lipinski definition) is 2. The Hall–Kier alpha value is -3.68. The van der Waals surface area contributed by atoms with Gasteiger partial charge in [-0.25, -0.2) is 0 Å². The second-order valence-corrected chi connectivity index (χ2v) is 23.0. The Morgan fingerprint density at radius 1 is 0.471 bits per heavy atom. The van der Waals surface area contributed by atoms with Gasteiger partial charge in [-0.2, -0.15) is 0 Å². The van der Waals surface area contributed by atoms with Crippen LogP contribution in [0.1, 0.15) is 175 Å². The lowest BCUT2D eigenvalue weighted by Crippen LogP contribution is -2.50. The van der Waals surface area contributed by atoms with Crippen molar-refractivity contribution in [3.8, 4) is 11.5 Å². The van der Waals surface area contributed by atoms with Gasteiger partial charge >= 0.3 is 0 Å². The summed E-state index contributed by atoms with van der Waals surface area (Å²) in [6, 6.07) is 34.6. The lowest BCUT2D eigenvalue weighted by Gasteiger charge is -2.53. The maximum absolute atomic E-state index is 12.2. The van der Waals surface area contributed by atoms with Gasteiger partial charge in [0.05, 0.1) is 11.2 Å². The van der Waals surface area contributed by atoms with Gasteiger partial charge in [-0.1, -0.05) is 99.5 Å². The molecule has 4 fully saturated rings. The summed E-state index contributed by atoms with van der Waals surface area (Å²) < 4.78 is 24.7. The number of aliphatic hydroxyl groups is 2. The molecule has 2 N–H and O–H groups in total. The molecule has 0 aliphatic heterocycles.